The molecule has 25 heavy (non-hydrogen) atoms. The Balaban J connectivity index is 1.45. The van der Waals surface area contributed by atoms with E-state index in [9.17, 15) is 9.59 Å². The lowest BCUT2D eigenvalue weighted by Gasteiger charge is -2.33. The number of carbonyl (C=O) groups is 2. The molecule has 0 aliphatic carbocycles. The molecule has 0 aromatic heterocycles. The predicted molar refractivity (Wildman–Crippen MR) is 97.0 cm³/mol. The van der Waals surface area contributed by atoms with Crippen molar-refractivity contribution in [3.05, 3.63) is 35.4 Å². The molecule has 2 amide bonds. The number of rotatable bonds is 6. The lowest BCUT2D eigenvalue weighted by Crippen LogP contribution is -2.45. The first-order valence-corrected chi connectivity index (χ1v) is 9.24. The summed E-state index contributed by atoms with van der Waals surface area (Å²) < 4.78 is 0. The molecule has 0 saturated carbocycles. The van der Waals surface area contributed by atoms with E-state index in [1.165, 1.54) is 5.56 Å². The summed E-state index contributed by atoms with van der Waals surface area (Å²) >= 11 is 0. The van der Waals surface area contributed by atoms with E-state index in [1.807, 2.05) is 12.1 Å². The van der Waals surface area contributed by atoms with E-state index < -0.39 is 5.91 Å². The number of piperidine rings is 1. The molecule has 0 radical (unpaired) electrons. The van der Waals surface area contributed by atoms with Crippen LogP contribution < -0.4 is 16.4 Å². The molecule has 2 aliphatic rings. The van der Waals surface area contributed by atoms with E-state index in [0.29, 0.717) is 11.5 Å². The second-order valence-electron chi connectivity index (χ2n) is 7.20. The molecule has 1 aromatic rings. The maximum absolute atomic E-state index is 12.1. The van der Waals surface area contributed by atoms with Crippen LogP contribution in [0.5, 0.6) is 0 Å². The van der Waals surface area contributed by atoms with Crippen LogP contribution in [-0.4, -0.2) is 48.9 Å². The van der Waals surface area contributed by atoms with Gasteiger partial charge in [-0.2, -0.15) is 0 Å². The number of primary amides is 1. The van der Waals surface area contributed by atoms with Crippen LogP contribution in [0, 0.1) is 5.92 Å². The van der Waals surface area contributed by atoms with Gasteiger partial charge in [-0.05, 0) is 62.4 Å². The molecule has 136 valence electrons. The summed E-state index contributed by atoms with van der Waals surface area (Å²) in [6, 6.07) is 7.51. The Hall–Kier alpha value is -1.92. The number of nitrogens with one attached hydrogen (secondary N) is 2. The van der Waals surface area contributed by atoms with Crippen LogP contribution in [0.3, 0.4) is 0 Å². The van der Waals surface area contributed by atoms with Gasteiger partial charge >= 0.3 is 0 Å². The van der Waals surface area contributed by atoms with Crippen LogP contribution in [0.25, 0.3) is 0 Å². The van der Waals surface area contributed by atoms with Crippen molar-refractivity contribution in [2.45, 2.75) is 38.3 Å². The molecule has 6 nitrogen and oxygen atoms in total. The first kappa shape index (κ1) is 17.9. The van der Waals surface area contributed by atoms with Crippen molar-refractivity contribution in [2.24, 2.45) is 11.7 Å². The van der Waals surface area contributed by atoms with Gasteiger partial charge in [0.2, 0.25) is 11.8 Å². The second kappa shape index (κ2) is 8.45. The van der Waals surface area contributed by atoms with Gasteiger partial charge in [-0.25, -0.2) is 0 Å². The van der Waals surface area contributed by atoms with Crippen LogP contribution in [0.2, 0.25) is 0 Å². The fourth-order valence-corrected chi connectivity index (χ4v) is 3.77. The monoisotopic (exact) mass is 344 g/mol. The van der Waals surface area contributed by atoms with Crippen LogP contribution in [0.4, 0.5) is 0 Å². The Morgan fingerprint density at radius 3 is 2.68 bits per heavy atom. The molecule has 2 fully saturated rings. The van der Waals surface area contributed by atoms with Crippen LogP contribution in [0.1, 0.15) is 41.6 Å². The van der Waals surface area contributed by atoms with Crippen molar-refractivity contribution >= 4 is 11.8 Å². The van der Waals surface area contributed by atoms with Gasteiger partial charge in [0.15, 0.2) is 0 Å². The molecule has 1 aromatic carbocycles. The molecule has 2 atom stereocenters. The topological polar surface area (TPSA) is 87.5 Å². The minimum absolute atomic E-state index is 0.00321. The zero-order valence-corrected chi connectivity index (χ0v) is 14.7. The molecular weight excluding hydrogens is 316 g/mol. The molecule has 0 spiro atoms. The number of nitrogens with two attached hydrogens (primary N) is 1. The summed E-state index contributed by atoms with van der Waals surface area (Å²) in [5.41, 5.74) is 7.01. The smallest absolute Gasteiger partial charge is 0.248 e. The quantitative estimate of drug-likeness (QED) is 0.714. The maximum atomic E-state index is 12.1. The van der Waals surface area contributed by atoms with Crippen molar-refractivity contribution in [3.63, 3.8) is 0 Å². The second-order valence-corrected chi connectivity index (χ2v) is 7.20. The third-order valence-corrected chi connectivity index (χ3v) is 5.19. The Morgan fingerprint density at radius 2 is 2.00 bits per heavy atom. The highest BCUT2D eigenvalue weighted by atomic mass is 16.2. The van der Waals surface area contributed by atoms with E-state index in [4.69, 9.17) is 5.73 Å². The fourth-order valence-electron chi connectivity index (χ4n) is 3.77. The Morgan fingerprint density at radius 1 is 1.20 bits per heavy atom. The molecule has 2 aliphatic heterocycles. The first-order valence-electron chi connectivity index (χ1n) is 9.24. The lowest BCUT2D eigenvalue weighted by atomic mass is 9.97. The third-order valence-electron chi connectivity index (χ3n) is 5.19. The number of benzene rings is 1. The highest BCUT2D eigenvalue weighted by Gasteiger charge is 2.24. The lowest BCUT2D eigenvalue weighted by molar-refractivity contribution is -0.123. The van der Waals surface area contributed by atoms with Crippen LogP contribution in [-0.2, 0) is 11.3 Å². The molecule has 6 heteroatoms. The number of amides is 2. The van der Waals surface area contributed by atoms with Gasteiger partial charge in [0.1, 0.15) is 0 Å². The molecule has 3 rings (SSSR count). The van der Waals surface area contributed by atoms with E-state index in [-0.39, 0.29) is 11.9 Å². The van der Waals surface area contributed by atoms with Gasteiger partial charge in [-0.3, -0.25) is 14.5 Å². The number of carbonyl (C=O) groups excluding carboxylic acids is 2. The zero-order valence-electron chi connectivity index (χ0n) is 14.7. The number of nitrogens with zero attached hydrogens (tertiary/aromatic N) is 1. The van der Waals surface area contributed by atoms with Gasteiger partial charge in [-0.1, -0.05) is 12.1 Å². The average molecular weight is 344 g/mol. The molecule has 0 bridgehead atoms. The Bertz CT molecular complexity index is 596. The largest absolute Gasteiger partial charge is 0.366 e. The molecule has 4 N–H and O–H groups in total. The van der Waals surface area contributed by atoms with E-state index in [0.717, 1.165) is 58.4 Å². The SMILES string of the molecule is NC(=O)c1ccc(CN2CCCC(CNC(=O)C3CCCN3)C2)cc1. The minimum Gasteiger partial charge on any atom is -0.366 e. The molecule has 2 saturated heterocycles. The highest BCUT2D eigenvalue weighted by molar-refractivity contribution is 5.92. The number of hydrogen-bond donors (Lipinski definition) is 3. The normalized spacial score (nSPS) is 24.2. The number of likely N-dealkylation sites (tertiary alicyclic amines) is 1. The summed E-state index contributed by atoms with van der Waals surface area (Å²) in [6.45, 7) is 4.65. The van der Waals surface area contributed by atoms with Crippen molar-refractivity contribution in [1.82, 2.24) is 15.5 Å². The summed E-state index contributed by atoms with van der Waals surface area (Å²) in [7, 11) is 0. The van der Waals surface area contributed by atoms with Crippen molar-refractivity contribution in [1.29, 1.82) is 0 Å². The van der Waals surface area contributed by atoms with Crippen molar-refractivity contribution in [2.75, 3.05) is 26.2 Å². The van der Waals surface area contributed by atoms with E-state index in [2.05, 4.69) is 15.5 Å². The first-order chi connectivity index (χ1) is 12.1. The van der Waals surface area contributed by atoms with Gasteiger partial charge in [0.05, 0.1) is 6.04 Å². The average Bonchev–Trinajstić information content (AvgIpc) is 3.15. The van der Waals surface area contributed by atoms with Gasteiger partial charge in [-0.15, -0.1) is 0 Å². The van der Waals surface area contributed by atoms with Crippen molar-refractivity contribution < 1.29 is 9.59 Å². The molecular formula is C19H28N4O2. The Kier molecular flexibility index (Phi) is 6.04. The summed E-state index contributed by atoms with van der Waals surface area (Å²) in [4.78, 5) is 25.7. The van der Waals surface area contributed by atoms with Crippen LogP contribution in [0.15, 0.2) is 24.3 Å². The van der Waals surface area contributed by atoms with Gasteiger partial charge < -0.3 is 16.4 Å². The molecule has 2 heterocycles. The fraction of sp³-hybridized carbons (Fsp3) is 0.579. The standard InChI is InChI=1S/C19H28N4O2/c20-18(24)16-7-5-14(6-8-16)12-23-10-2-3-15(13-23)11-22-19(25)17-4-1-9-21-17/h5-8,15,17,21H,1-4,9-13H2,(H2,20,24)(H,22,25). The number of hydrogen-bond acceptors (Lipinski definition) is 4. The highest BCUT2D eigenvalue weighted by Crippen LogP contribution is 2.18. The summed E-state index contributed by atoms with van der Waals surface area (Å²) in [5.74, 6) is 0.262. The summed E-state index contributed by atoms with van der Waals surface area (Å²) in [5, 5.41) is 6.36. The van der Waals surface area contributed by atoms with Crippen LogP contribution >= 0.6 is 0 Å². The summed E-state index contributed by atoms with van der Waals surface area (Å²) in [6.07, 6.45) is 4.35. The minimum atomic E-state index is -0.392. The zero-order chi connectivity index (χ0) is 17.6. The predicted octanol–water partition coefficient (Wildman–Crippen LogP) is 0.866. The Labute approximate surface area is 149 Å². The molecule has 2 unspecified atom stereocenters. The van der Waals surface area contributed by atoms with Crippen molar-refractivity contribution in [3.8, 4) is 0 Å². The van der Waals surface area contributed by atoms with Gasteiger partial charge in [0.25, 0.3) is 0 Å². The third kappa shape index (κ3) is 5.03. The van der Waals surface area contributed by atoms with Gasteiger partial charge in [0, 0.05) is 25.2 Å². The van der Waals surface area contributed by atoms with E-state index >= 15 is 0 Å². The maximum Gasteiger partial charge on any atom is 0.248 e. The van der Waals surface area contributed by atoms with E-state index in [1.54, 1.807) is 12.1 Å².